The molecule has 2 aliphatic heterocycles. The summed E-state index contributed by atoms with van der Waals surface area (Å²) in [7, 11) is 0.802. The molecule has 2 saturated heterocycles. The topological polar surface area (TPSA) is 83.5 Å². The van der Waals surface area contributed by atoms with Crippen LogP contribution in [0.3, 0.4) is 0 Å². The number of nitrogens with zero attached hydrogens (tertiary/aromatic N) is 5. The van der Waals surface area contributed by atoms with Crippen molar-refractivity contribution in [2.45, 2.75) is 58.4 Å². The van der Waals surface area contributed by atoms with Gasteiger partial charge < -0.3 is 19.9 Å². The second kappa shape index (κ2) is 11.7. The number of ether oxygens (including phenoxy) is 1. The Kier molecular flexibility index (Phi) is 8.32. The van der Waals surface area contributed by atoms with Crippen molar-refractivity contribution < 1.29 is 13.3 Å². The first-order valence-electron chi connectivity index (χ1n) is 13.8. The van der Waals surface area contributed by atoms with Crippen molar-refractivity contribution >= 4 is 44.8 Å². The standard InChI is InChI=1S/C29H39FN6O2S/c1-6-39(37)17-20-15-36(19(20)4)25-8-7-21(18(2)3)22-13-28(32-14-23(22)25)33-27-9-11-31-29(34-27)35-12-10-26(38-5)24(30)16-35/h7-9,11,13-14,18-20,24,26H,6,10,12,15-17H2,1-5H3,(H,31,32,33,34)/t19-,20-,24+,26-,39-/m1/s1. The summed E-state index contributed by atoms with van der Waals surface area (Å²) in [6, 6.07) is 8.65. The van der Waals surface area contributed by atoms with E-state index in [0.29, 0.717) is 54.2 Å². The number of fused-ring (bicyclic) bond motifs is 1. The third kappa shape index (κ3) is 5.72. The molecule has 0 radical (unpaired) electrons. The number of aromatic nitrogens is 3. The molecule has 0 unspecified atom stereocenters. The van der Waals surface area contributed by atoms with Gasteiger partial charge in [-0.3, -0.25) is 4.21 Å². The molecule has 3 aromatic rings. The van der Waals surface area contributed by atoms with Gasteiger partial charge in [-0.25, -0.2) is 14.4 Å². The minimum atomic E-state index is -1.08. The number of pyridine rings is 1. The molecule has 10 heteroatoms. The van der Waals surface area contributed by atoms with Crippen LogP contribution in [-0.4, -0.2) is 75.7 Å². The van der Waals surface area contributed by atoms with Crippen LogP contribution in [-0.2, 0) is 15.5 Å². The van der Waals surface area contributed by atoms with Crippen LogP contribution in [0.25, 0.3) is 10.8 Å². The quantitative estimate of drug-likeness (QED) is 0.394. The van der Waals surface area contributed by atoms with E-state index in [0.717, 1.165) is 23.1 Å². The van der Waals surface area contributed by atoms with Gasteiger partial charge in [0.25, 0.3) is 0 Å². The fourth-order valence-corrected chi connectivity index (χ4v) is 6.75. The summed E-state index contributed by atoms with van der Waals surface area (Å²) >= 11 is 0. The monoisotopic (exact) mass is 554 g/mol. The molecule has 0 spiro atoms. The molecule has 2 aliphatic rings. The number of piperidine rings is 1. The molecule has 4 heterocycles. The molecule has 1 N–H and O–H groups in total. The molecule has 2 aromatic heterocycles. The number of benzene rings is 1. The fraction of sp³-hybridized carbons (Fsp3) is 0.552. The molecular formula is C29H39FN6O2S. The number of methoxy groups -OCH3 is 1. The highest BCUT2D eigenvalue weighted by Crippen LogP contribution is 2.39. The van der Waals surface area contributed by atoms with Gasteiger partial charge in [-0.2, -0.15) is 4.98 Å². The Balaban J connectivity index is 1.38. The van der Waals surface area contributed by atoms with E-state index in [1.807, 2.05) is 18.0 Å². The molecular weight excluding hydrogens is 515 g/mol. The fourth-order valence-electron chi connectivity index (χ4n) is 5.66. The normalized spacial score (nSPS) is 24.2. The van der Waals surface area contributed by atoms with Gasteiger partial charge in [-0.15, -0.1) is 0 Å². The summed E-state index contributed by atoms with van der Waals surface area (Å²) in [6.45, 7) is 10.4. The Bertz CT molecular complexity index is 1340. The van der Waals surface area contributed by atoms with Crippen molar-refractivity contribution in [1.29, 1.82) is 0 Å². The van der Waals surface area contributed by atoms with Crippen molar-refractivity contribution in [3.8, 4) is 0 Å². The molecule has 0 aliphatic carbocycles. The first-order valence-corrected chi connectivity index (χ1v) is 15.3. The van der Waals surface area contributed by atoms with Gasteiger partial charge in [-0.1, -0.05) is 26.8 Å². The molecule has 39 heavy (non-hydrogen) atoms. The third-order valence-electron chi connectivity index (χ3n) is 8.14. The SMILES string of the molecule is CC[S@@](=O)C[C@H]1CN(c2ccc(C(C)C)c3cc(Nc4ccnc(N5CC[C@@H](OC)[C@@H](F)C5)n4)ncc23)[C@@H]1C. The highest BCUT2D eigenvalue weighted by molar-refractivity contribution is 7.84. The molecule has 0 saturated carbocycles. The number of nitrogens with one attached hydrogen (secondary N) is 1. The smallest absolute Gasteiger partial charge is 0.227 e. The molecule has 0 bridgehead atoms. The van der Waals surface area contributed by atoms with Crippen LogP contribution in [0.15, 0.2) is 36.7 Å². The summed E-state index contributed by atoms with van der Waals surface area (Å²) < 4.78 is 31.8. The summed E-state index contributed by atoms with van der Waals surface area (Å²) in [5.74, 6) is 4.07. The Hall–Kier alpha value is -2.85. The van der Waals surface area contributed by atoms with Crippen molar-refractivity contribution in [1.82, 2.24) is 15.0 Å². The van der Waals surface area contributed by atoms with Gasteiger partial charge in [0.1, 0.15) is 17.8 Å². The van der Waals surface area contributed by atoms with Crippen molar-refractivity contribution in [3.63, 3.8) is 0 Å². The molecule has 210 valence electrons. The second-order valence-corrected chi connectivity index (χ2v) is 12.7. The lowest BCUT2D eigenvalue weighted by atomic mass is 9.88. The molecule has 5 rings (SSSR count). The van der Waals surface area contributed by atoms with Crippen LogP contribution >= 0.6 is 0 Å². The minimum Gasteiger partial charge on any atom is -0.378 e. The zero-order valence-corrected chi connectivity index (χ0v) is 24.2. The van der Waals surface area contributed by atoms with Crippen LogP contribution < -0.4 is 15.1 Å². The van der Waals surface area contributed by atoms with Gasteiger partial charge >= 0.3 is 0 Å². The summed E-state index contributed by atoms with van der Waals surface area (Å²) in [5, 5.41) is 5.61. The lowest BCUT2D eigenvalue weighted by Crippen LogP contribution is -2.56. The first-order chi connectivity index (χ1) is 18.8. The van der Waals surface area contributed by atoms with E-state index in [9.17, 15) is 8.60 Å². The second-order valence-electron chi connectivity index (χ2n) is 10.9. The van der Waals surface area contributed by atoms with E-state index in [1.165, 1.54) is 11.3 Å². The largest absolute Gasteiger partial charge is 0.378 e. The van der Waals surface area contributed by atoms with Crippen molar-refractivity contribution in [2.75, 3.05) is 53.4 Å². The van der Waals surface area contributed by atoms with E-state index in [-0.39, 0.29) is 12.6 Å². The average molecular weight is 555 g/mol. The maximum absolute atomic E-state index is 14.5. The predicted octanol–water partition coefficient (Wildman–Crippen LogP) is 5.05. The van der Waals surface area contributed by atoms with Crippen LogP contribution in [0, 0.1) is 5.92 Å². The van der Waals surface area contributed by atoms with Gasteiger partial charge in [-0.05, 0) is 48.4 Å². The van der Waals surface area contributed by atoms with Gasteiger partial charge in [0, 0.05) is 77.9 Å². The Morgan fingerprint density at radius 1 is 1.18 bits per heavy atom. The lowest BCUT2D eigenvalue weighted by molar-refractivity contribution is 0.0194. The lowest BCUT2D eigenvalue weighted by Gasteiger charge is -2.48. The first kappa shape index (κ1) is 27.7. The number of halogens is 1. The minimum absolute atomic E-state index is 0.209. The molecule has 5 atom stereocenters. The Labute approximate surface area is 232 Å². The maximum atomic E-state index is 14.5. The molecule has 8 nitrogen and oxygen atoms in total. The van der Waals surface area contributed by atoms with Crippen molar-refractivity contribution in [3.05, 3.63) is 42.2 Å². The van der Waals surface area contributed by atoms with Gasteiger partial charge in [0.05, 0.1) is 12.6 Å². The zero-order valence-electron chi connectivity index (χ0n) is 23.4. The van der Waals surface area contributed by atoms with E-state index in [2.05, 4.69) is 59.2 Å². The van der Waals surface area contributed by atoms with Crippen LogP contribution in [0.5, 0.6) is 0 Å². The number of alkyl halides is 1. The zero-order chi connectivity index (χ0) is 27.7. The highest BCUT2D eigenvalue weighted by Gasteiger charge is 2.37. The Morgan fingerprint density at radius 2 is 2.00 bits per heavy atom. The summed E-state index contributed by atoms with van der Waals surface area (Å²) in [6.07, 6.45) is 2.77. The number of rotatable bonds is 9. The maximum Gasteiger partial charge on any atom is 0.227 e. The van der Waals surface area contributed by atoms with Crippen LogP contribution in [0.4, 0.5) is 27.7 Å². The van der Waals surface area contributed by atoms with E-state index in [4.69, 9.17) is 9.72 Å². The van der Waals surface area contributed by atoms with Gasteiger partial charge in [0.2, 0.25) is 5.95 Å². The summed E-state index contributed by atoms with van der Waals surface area (Å²) in [5.41, 5.74) is 2.43. The number of hydrogen-bond acceptors (Lipinski definition) is 8. The van der Waals surface area contributed by atoms with Gasteiger partial charge in [0.15, 0.2) is 0 Å². The van der Waals surface area contributed by atoms with E-state index < -0.39 is 17.0 Å². The van der Waals surface area contributed by atoms with E-state index >= 15 is 0 Å². The number of hydrogen-bond donors (Lipinski definition) is 1. The van der Waals surface area contributed by atoms with Crippen molar-refractivity contribution in [2.24, 2.45) is 5.92 Å². The van der Waals surface area contributed by atoms with Crippen LogP contribution in [0.2, 0.25) is 0 Å². The number of anilines is 4. The third-order valence-corrected chi connectivity index (χ3v) is 9.58. The molecule has 2 fully saturated rings. The molecule has 0 amide bonds. The molecule has 1 aromatic carbocycles. The van der Waals surface area contributed by atoms with Crippen LogP contribution in [0.1, 0.15) is 45.6 Å². The Morgan fingerprint density at radius 3 is 2.69 bits per heavy atom. The van der Waals surface area contributed by atoms with E-state index in [1.54, 1.807) is 19.4 Å². The average Bonchev–Trinajstić information content (AvgIpc) is 2.94. The summed E-state index contributed by atoms with van der Waals surface area (Å²) in [4.78, 5) is 18.0. The predicted molar refractivity (Wildman–Crippen MR) is 158 cm³/mol. The highest BCUT2D eigenvalue weighted by atomic mass is 32.2.